The smallest absolute Gasteiger partial charge is 0.250 e. The van der Waals surface area contributed by atoms with E-state index in [1.165, 1.54) is 11.3 Å². The quantitative estimate of drug-likeness (QED) is 0.741. The second kappa shape index (κ2) is 8.13. The van der Waals surface area contributed by atoms with Crippen molar-refractivity contribution in [2.75, 3.05) is 37.6 Å². The van der Waals surface area contributed by atoms with E-state index in [0.717, 1.165) is 47.9 Å². The van der Waals surface area contributed by atoms with Crippen molar-refractivity contribution in [1.82, 2.24) is 14.6 Å². The van der Waals surface area contributed by atoms with Gasteiger partial charge in [0.1, 0.15) is 10.0 Å². The van der Waals surface area contributed by atoms with Gasteiger partial charge in [0.05, 0.1) is 3.79 Å². The van der Waals surface area contributed by atoms with Crippen molar-refractivity contribution in [3.63, 3.8) is 0 Å². The summed E-state index contributed by atoms with van der Waals surface area (Å²) in [7, 11) is -3.48. The van der Waals surface area contributed by atoms with E-state index in [0.29, 0.717) is 4.21 Å². The summed E-state index contributed by atoms with van der Waals surface area (Å²) in [5, 5.41) is 0. The van der Waals surface area contributed by atoms with Crippen molar-refractivity contribution in [3.05, 3.63) is 39.8 Å². The van der Waals surface area contributed by atoms with Crippen LogP contribution in [0.2, 0.25) is 0 Å². The Bertz CT molecular complexity index is 800. The first-order valence-corrected chi connectivity index (χ1v) is 11.2. The third kappa shape index (κ3) is 4.79. The van der Waals surface area contributed by atoms with Crippen LogP contribution < -0.4 is 9.62 Å². The van der Waals surface area contributed by atoms with Gasteiger partial charge < -0.3 is 9.80 Å². The minimum absolute atomic E-state index is 0.231. The Labute approximate surface area is 161 Å². The average molecular weight is 445 g/mol. The van der Waals surface area contributed by atoms with Gasteiger partial charge in [0.25, 0.3) is 0 Å². The van der Waals surface area contributed by atoms with Gasteiger partial charge in [-0.2, -0.15) is 0 Å². The molecule has 1 fully saturated rings. The molecule has 0 spiro atoms. The van der Waals surface area contributed by atoms with E-state index >= 15 is 0 Å². The average Bonchev–Trinajstić information content (AvgIpc) is 3.08. The number of halogens is 1. The number of pyridine rings is 1. The lowest BCUT2D eigenvalue weighted by Gasteiger charge is -2.34. The molecule has 9 heteroatoms. The van der Waals surface area contributed by atoms with Gasteiger partial charge in [-0.15, -0.1) is 11.3 Å². The molecule has 0 unspecified atom stereocenters. The van der Waals surface area contributed by atoms with E-state index in [-0.39, 0.29) is 6.54 Å². The monoisotopic (exact) mass is 444 g/mol. The summed E-state index contributed by atoms with van der Waals surface area (Å²) in [5.41, 5.74) is 0.843. The highest BCUT2D eigenvalue weighted by molar-refractivity contribution is 9.11. The molecule has 25 heavy (non-hydrogen) atoms. The van der Waals surface area contributed by atoms with Gasteiger partial charge in [0.15, 0.2) is 0 Å². The highest BCUT2D eigenvalue weighted by Crippen LogP contribution is 2.26. The largest absolute Gasteiger partial charge is 0.354 e. The van der Waals surface area contributed by atoms with E-state index in [1.807, 2.05) is 12.1 Å². The normalized spacial score (nSPS) is 16.3. The molecule has 3 rings (SSSR count). The van der Waals surface area contributed by atoms with Crippen molar-refractivity contribution >= 4 is 43.1 Å². The number of hydrogen-bond acceptors (Lipinski definition) is 6. The minimum atomic E-state index is -3.48. The van der Waals surface area contributed by atoms with Crippen LogP contribution in [0.25, 0.3) is 0 Å². The fourth-order valence-corrected chi connectivity index (χ4v) is 5.77. The van der Waals surface area contributed by atoms with E-state index < -0.39 is 10.0 Å². The molecule has 136 valence electrons. The van der Waals surface area contributed by atoms with Crippen molar-refractivity contribution in [2.45, 2.75) is 17.7 Å². The Morgan fingerprint density at radius 1 is 1.20 bits per heavy atom. The van der Waals surface area contributed by atoms with Crippen molar-refractivity contribution in [3.8, 4) is 0 Å². The van der Waals surface area contributed by atoms with Crippen molar-refractivity contribution in [1.29, 1.82) is 0 Å². The third-order valence-electron chi connectivity index (χ3n) is 4.23. The van der Waals surface area contributed by atoms with Crippen LogP contribution in [0.3, 0.4) is 0 Å². The van der Waals surface area contributed by atoms with E-state index in [2.05, 4.69) is 42.4 Å². The van der Waals surface area contributed by atoms with Crippen molar-refractivity contribution < 1.29 is 8.42 Å². The number of thiophene rings is 1. The Morgan fingerprint density at radius 2 is 1.96 bits per heavy atom. The van der Waals surface area contributed by atoms with Gasteiger partial charge >= 0.3 is 0 Å². The lowest BCUT2D eigenvalue weighted by molar-refractivity contribution is 0.270. The fourth-order valence-electron chi connectivity index (χ4n) is 2.69. The number of hydrogen-bond donors (Lipinski definition) is 1. The van der Waals surface area contributed by atoms with Gasteiger partial charge in [0, 0.05) is 38.9 Å². The van der Waals surface area contributed by atoms with E-state index in [4.69, 9.17) is 0 Å². The molecular weight excluding hydrogens is 424 g/mol. The molecule has 0 radical (unpaired) electrons. The number of likely N-dealkylation sites (N-methyl/N-ethyl adjacent to an activating group) is 1. The molecule has 3 heterocycles. The van der Waals surface area contributed by atoms with Crippen LogP contribution in [0.4, 0.5) is 5.82 Å². The molecule has 1 aliphatic rings. The zero-order chi connectivity index (χ0) is 17.9. The minimum Gasteiger partial charge on any atom is -0.354 e. The lowest BCUT2D eigenvalue weighted by Crippen LogP contribution is -2.46. The van der Waals surface area contributed by atoms with Crippen LogP contribution in [0, 0.1) is 0 Å². The Morgan fingerprint density at radius 3 is 2.52 bits per heavy atom. The first-order valence-electron chi connectivity index (χ1n) is 8.15. The summed E-state index contributed by atoms with van der Waals surface area (Å²) in [4.78, 5) is 9.18. The van der Waals surface area contributed by atoms with E-state index in [9.17, 15) is 8.42 Å². The van der Waals surface area contributed by atoms with Gasteiger partial charge in [-0.1, -0.05) is 13.0 Å². The molecule has 0 aromatic carbocycles. The summed E-state index contributed by atoms with van der Waals surface area (Å²) < 4.78 is 28.2. The molecule has 2 aromatic rings. The Hall–Kier alpha value is -1.00. The molecular formula is C16H21BrN4O2S2. The van der Waals surface area contributed by atoms with Crippen LogP contribution in [0.15, 0.2) is 38.5 Å². The number of sulfonamides is 1. The van der Waals surface area contributed by atoms with Gasteiger partial charge in [-0.05, 0) is 46.2 Å². The molecule has 0 bridgehead atoms. The predicted octanol–water partition coefficient (Wildman–Crippen LogP) is 2.53. The summed E-state index contributed by atoms with van der Waals surface area (Å²) in [6.45, 7) is 7.54. The number of aromatic nitrogens is 1. The molecule has 0 amide bonds. The highest BCUT2D eigenvalue weighted by atomic mass is 79.9. The number of nitrogens with zero attached hydrogens (tertiary/aromatic N) is 3. The molecule has 0 atom stereocenters. The molecule has 6 nitrogen and oxygen atoms in total. The van der Waals surface area contributed by atoms with Crippen molar-refractivity contribution in [2.24, 2.45) is 0 Å². The van der Waals surface area contributed by atoms with Crippen LogP contribution >= 0.6 is 27.3 Å². The second-order valence-corrected chi connectivity index (χ2v) is 10.3. The molecule has 0 aliphatic carbocycles. The molecule has 2 aromatic heterocycles. The SMILES string of the molecule is CCN1CCN(c2ccc(CNS(=O)(=O)c3ccc(Br)s3)cn2)CC1. The first kappa shape index (κ1) is 18.8. The second-order valence-electron chi connectivity index (χ2n) is 5.83. The summed E-state index contributed by atoms with van der Waals surface area (Å²) in [6.07, 6.45) is 1.74. The summed E-state index contributed by atoms with van der Waals surface area (Å²) in [6, 6.07) is 7.22. The Balaban J connectivity index is 1.58. The van der Waals surface area contributed by atoms with Gasteiger partial charge in [0.2, 0.25) is 10.0 Å². The predicted molar refractivity (Wildman–Crippen MR) is 105 cm³/mol. The van der Waals surface area contributed by atoms with Crippen LogP contribution in [0.5, 0.6) is 0 Å². The van der Waals surface area contributed by atoms with Gasteiger partial charge in [-0.25, -0.2) is 18.1 Å². The number of piperazine rings is 1. The first-order chi connectivity index (χ1) is 12.0. The maximum atomic E-state index is 12.2. The highest BCUT2D eigenvalue weighted by Gasteiger charge is 2.18. The maximum Gasteiger partial charge on any atom is 0.250 e. The van der Waals surface area contributed by atoms with Crippen LogP contribution in [0.1, 0.15) is 12.5 Å². The Kier molecular flexibility index (Phi) is 6.11. The summed E-state index contributed by atoms with van der Waals surface area (Å²) >= 11 is 4.48. The third-order valence-corrected chi connectivity index (χ3v) is 7.75. The van der Waals surface area contributed by atoms with E-state index in [1.54, 1.807) is 18.3 Å². The molecule has 1 aliphatic heterocycles. The number of anilines is 1. The fraction of sp³-hybridized carbons (Fsp3) is 0.438. The summed E-state index contributed by atoms with van der Waals surface area (Å²) in [5.74, 6) is 0.949. The topological polar surface area (TPSA) is 65.5 Å². The zero-order valence-electron chi connectivity index (χ0n) is 14.0. The number of rotatable bonds is 6. The molecule has 0 saturated carbocycles. The molecule has 1 saturated heterocycles. The van der Waals surface area contributed by atoms with Crippen LogP contribution in [-0.2, 0) is 16.6 Å². The number of nitrogens with one attached hydrogen (secondary N) is 1. The lowest BCUT2D eigenvalue weighted by atomic mass is 10.2. The van der Waals surface area contributed by atoms with Crippen LogP contribution in [-0.4, -0.2) is 51.0 Å². The van der Waals surface area contributed by atoms with Gasteiger partial charge in [-0.3, -0.25) is 0 Å². The standard InChI is InChI=1S/C16H21BrN4O2S2/c1-2-20-7-9-21(10-8-20)15-5-3-13(11-18-15)12-19-25(22,23)16-6-4-14(17)24-16/h3-6,11,19H,2,7-10,12H2,1H3. The zero-order valence-corrected chi connectivity index (χ0v) is 17.2. The molecule has 1 N–H and O–H groups in total. The maximum absolute atomic E-state index is 12.2.